The molecule has 29 heavy (non-hydrogen) atoms. The molecular formula is C22H23N5O2. The van der Waals surface area contributed by atoms with Gasteiger partial charge in [0.1, 0.15) is 0 Å². The van der Waals surface area contributed by atoms with Crippen LogP contribution in [0.4, 0.5) is 0 Å². The molecule has 1 fully saturated rings. The number of rotatable bonds is 4. The lowest BCUT2D eigenvalue weighted by atomic mass is 9.90. The Kier molecular flexibility index (Phi) is 4.42. The molecule has 0 saturated carbocycles. The van der Waals surface area contributed by atoms with E-state index in [1.807, 2.05) is 37.5 Å². The van der Waals surface area contributed by atoms with Crippen LogP contribution in [0, 0.1) is 26.2 Å². The first-order chi connectivity index (χ1) is 13.8. The van der Waals surface area contributed by atoms with Crippen LogP contribution in [-0.4, -0.2) is 49.5 Å². The number of hydrogen-bond acceptors (Lipinski definition) is 3. The lowest BCUT2D eigenvalue weighted by molar-refractivity contribution is 0.0330. The van der Waals surface area contributed by atoms with Crippen molar-refractivity contribution in [1.82, 2.24) is 24.4 Å². The first-order valence-corrected chi connectivity index (χ1v) is 9.47. The number of terminal acetylenes is 1. The average molecular weight is 389 g/mol. The fraction of sp³-hybridized carbons (Fsp3) is 0.318. The highest BCUT2D eigenvalue weighted by Crippen LogP contribution is 2.26. The highest BCUT2D eigenvalue weighted by atomic mass is 16.2. The number of fused-ring (bicyclic) bond motifs is 1. The van der Waals surface area contributed by atoms with Crippen molar-refractivity contribution in [3.8, 4) is 12.3 Å². The molecule has 4 heterocycles. The molecule has 1 aliphatic heterocycles. The summed E-state index contributed by atoms with van der Waals surface area (Å²) < 4.78 is 3.67. The third-order valence-corrected chi connectivity index (χ3v) is 5.50. The maximum absolute atomic E-state index is 12.9. The summed E-state index contributed by atoms with van der Waals surface area (Å²) in [5, 5.41) is 7.19. The van der Waals surface area contributed by atoms with Gasteiger partial charge in [-0.3, -0.25) is 9.59 Å². The lowest BCUT2D eigenvalue weighted by Gasteiger charge is -2.48. The highest BCUT2D eigenvalue weighted by molar-refractivity contribution is 5.98. The standard InChI is InChI=1S/C22H23N5O2/c1-5-9-26-15(2)11-19(16(26)3)21(29)25-13-22(4,14-25)24-20(28)17-7-10-27-18(12-17)6-8-23-27/h1,6-8,10-12H,9,13-14H2,2-4H3,(H,24,28). The van der Waals surface area contributed by atoms with Crippen LogP contribution in [0.5, 0.6) is 0 Å². The number of aromatic nitrogens is 3. The largest absolute Gasteiger partial charge is 0.343 e. The van der Waals surface area contributed by atoms with Crippen molar-refractivity contribution in [2.24, 2.45) is 0 Å². The Morgan fingerprint density at radius 2 is 2.03 bits per heavy atom. The van der Waals surface area contributed by atoms with Crippen molar-refractivity contribution < 1.29 is 9.59 Å². The Balaban J connectivity index is 1.43. The smallest absolute Gasteiger partial charge is 0.255 e. The molecule has 1 saturated heterocycles. The number of hydrogen-bond donors (Lipinski definition) is 1. The number of nitrogens with zero attached hydrogens (tertiary/aromatic N) is 4. The van der Waals surface area contributed by atoms with Crippen molar-refractivity contribution in [2.75, 3.05) is 13.1 Å². The van der Waals surface area contributed by atoms with Crippen molar-refractivity contribution in [3.63, 3.8) is 0 Å². The van der Waals surface area contributed by atoms with Crippen molar-refractivity contribution >= 4 is 17.3 Å². The van der Waals surface area contributed by atoms with Crippen LogP contribution in [0.1, 0.15) is 39.0 Å². The fourth-order valence-corrected chi connectivity index (χ4v) is 3.95. The van der Waals surface area contributed by atoms with E-state index in [1.54, 1.807) is 33.9 Å². The topological polar surface area (TPSA) is 71.6 Å². The average Bonchev–Trinajstić information content (AvgIpc) is 3.24. The Bertz CT molecular complexity index is 1160. The van der Waals surface area contributed by atoms with Crippen LogP contribution in [0.15, 0.2) is 36.7 Å². The SMILES string of the molecule is C#CCn1c(C)cc(C(=O)N2CC(C)(NC(=O)c3ccn4nccc4c3)C2)c1C. The molecule has 3 aromatic heterocycles. The van der Waals surface area contributed by atoms with Crippen molar-refractivity contribution in [3.05, 3.63) is 59.2 Å². The second-order valence-corrected chi connectivity index (χ2v) is 7.87. The molecule has 4 rings (SSSR count). The Morgan fingerprint density at radius 1 is 1.28 bits per heavy atom. The predicted octanol–water partition coefficient (Wildman–Crippen LogP) is 2.03. The third-order valence-electron chi connectivity index (χ3n) is 5.50. The Morgan fingerprint density at radius 3 is 2.76 bits per heavy atom. The van der Waals surface area contributed by atoms with E-state index in [9.17, 15) is 9.59 Å². The lowest BCUT2D eigenvalue weighted by Crippen LogP contribution is -2.69. The summed E-state index contributed by atoms with van der Waals surface area (Å²) in [7, 11) is 0. The normalized spacial score (nSPS) is 15.0. The van der Waals surface area contributed by atoms with Crippen LogP contribution < -0.4 is 5.32 Å². The minimum Gasteiger partial charge on any atom is -0.343 e. The maximum Gasteiger partial charge on any atom is 0.255 e. The molecule has 0 spiro atoms. The molecule has 3 aromatic rings. The van der Waals surface area contributed by atoms with E-state index in [0.717, 1.165) is 16.9 Å². The van der Waals surface area contributed by atoms with Crippen LogP contribution in [0.3, 0.4) is 0 Å². The predicted molar refractivity (Wildman–Crippen MR) is 110 cm³/mol. The molecule has 0 atom stereocenters. The van der Waals surface area contributed by atoms with Gasteiger partial charge in [0.25, 0.3) is 11.8 Å². The summed E-state index contributed by atoms with van der Waals surface area (Å²) >= 11 is 0. The van der Waals surface area contributed by atoms with E-state index in [4.69, 9.17) is 6.42 Å². The van der Waals surface area contributed by atoms with Gasteiger partial charge >= 0.3 is 0 Å². The van der Waals surface area contributed by atoms with Gasteiger partial charge in [-0.15, -0.1) is 6.42 Å². The zero-order chi connectivity index (χ0) is 20.8. The molecule has 1 aliphatic rings. The van der Waals surface area contributed by atoms with Crippen LogP contribution in [0.2, 0.25) is 0 Å². The minimum absolute atomic E-state index is 0.0335. The van der Waals surface area contributed by atoms with E-state index in [2.05, 4.69) is 16.3 Å². The van der Waals surface area contributed by atoms with Gasteiger partial charge in [0.15, 0.2) is 0 Å². The minimum atomic E-state index is -0.455. The van der Waals surface area contributed by atoms with Crippen molar-refractivity contribution in [2.45, 2.75) is 32.9 Å². The second kappa shape index (κ2) is 6.82. The van der Waals surface area contributed by atoms with Crippen LogP contribution in [0.25, 0.3) is 5.52 Å². The highest BCUT2D eigenvalue weighted by Gasteiger charge is 2.43. The quantitative estimate of drug-likeness (QED) is 0.694. The molecule has 148 valence electrons. The van der Waals surface area contributed by atoms with E-state index >= 15 is 0 Å². The first kappa shape index (κ1) is 18.8. The van der Waals surface area contributed by atoms with Gasteiger partial charge in [-0.25, -0.2) is 4.52 Å². The van der Waals surface area contributed by atoms with Gasteiger partial charge < -0.3 is 14.8 Å². The number of amides is 2. The first-order valence-electron chi connectivity index (χ1n) is 9.47. The van der Waals surface area contributed by atoms with E-state index in [0.29, 0.717) is 30.8 Å². The molecule has 7 heteroatoms. The number of likely N-dealkylation sites (tertiary alicyclic amines) is 1. The number of carbonyl (C=O) groups excluding carboxylic acids is 2. The van der Waals surface area contributed by atoms with Gasteiger partial charge in [-0.05, 0) is 45.0 Å². The maximum atomic E-state index is 12.9. The fourth-order valence-electron chi connectivity index (χ4n) is 3.95. The number of carbonyl (C=O) groups is 2. The summed E-state index contributed by atoms with van der Waals surface area (Å²) in [6, 6.07) is 7.26. The molecule has 0 aliphatic carbocycles. The molecule has 0 unspecified atom stereocenters. The summed E-state index contributed by atoms with van der Waals surface area (Å²) in [5.41, 5.74) is 3.48. The number of aryl methyl sites for hydroxylation is 1. The number of pyridine rings is 1. The molecule has 0 bridgehead atoms. The molecule has 7 nitrogen and oxygen atoms in total. The van der Waals surface area contributed by atoms with E-state index in [-0.39, 0.29) is 11.8 Å². The monoisotopic (exact) mass is 389 g/mol. The third kappa shape index (κ3) is 3.27. The molecule has 2 amide bonds. The Hall–Kier alpha value is -3.53. The summed E-state index contributed by atoms with van der Waals surface area (Å²) in [4.78, 5) is 27.3. The van der Waals surface area contributed by atoms with Crippen molar-refractivity contribution in [1.29, 1.82) is 0 Å². The van der Waals surface area contributed by atoms with Gasteiger partial charge in [0, 0.05) is 42.4 Å². The van der Waals surface area contributed by atoms with Gasteiger partial charge in [0.2, 0.25) is 0 Å². The van der Waals surface area contributed by atoms with Crippen LogP contribution in [-0.2, 0) is 6.54 Å². The summed E-state index contributed by atoms with van der Waals surface area (Å²) in [6.45, 7) is 7.17. The number of nitrogens with one attached hydrogen (secondary N) is 1. The zero-order valence-corrected chi connectivity index (χ0v) is 16.8. The summed E-state index contributed by atoms with van der Waals surface area (Å²) in [5.74, 6) is 2.43. The molecule has 0 aromatic carbocycles. The molecular weight excluding hydrogens is 366 g/mol. The Labute approximate surface area is 169 Å². The summed E-state index contributed by atoms with van der Waals surface area (Å²) in [6.07, 6.45) is 8.87. The van der Waals surface area contributed by atoms with Gasteiger partial charge in [-0.1, -0.05) is 5.92 Å². The van der Waals surface area contributed by atoms with E-state index in [1.165, 1.54) is 0 Å². The van der Waals surface area contributed by atoms with Gasteiger partial charge in [-0.2, -0.15) is 5.10 Å². The molecule has 0 radical (unpaired) electrons. The molecule has 1 N–H and O–H groups in total. The second-order valence-electron chi connectivity index (χ2n) is 7.87. The van der Waals surface area contributed by atoms with Gasteiger partial charge in [0.05, 0.1) is 23.2 Å². The zero-order valence-electron chi connectivity index (χ0n) is 16.8. The van der Waals surface area contributed by atoms with Crippen LogP contribution >= 0.6 is 0 Å². The van der Waals surface area contributed by atoms with E-state index < -0.39 is 5.54 Å².